The molecule has 0 heterocycles. The van der Waals surface area contributed by atoms with Gasteiger partial charge < -0.3 is 4.74 Å². The number of sulfonamides is 1. The molecule has 0 aliphatic rings. The fourth-order valence-corrected chi connectivity index (χ4v) is 3.84. The summed E-state index contributed by atoms with van der Waals surface area (Å²) in [7, 11) is -3.95. The first-order valence-corrected chi connectivity index (χ1v) is 9.72. The summed E-state index contributed by atoms with van der Waals surface area (Å²) in [5, 5.41) is 10.8. The van der Waals surface area contributed by atoms with Crippen LogP contribution >= 0.6 is 0 Å². The Morgan fingerprint density at radius 3 is 2.30 bits per heavy atom. The van der Waals surface area contributed by atoms with Crippen LogP contribution in [-0.4, -0.2) is 36.8 Å². The Balaban J connectivity index is 2.28. The third kappa shape index (κ3) is 5.60. The number of ether oxygens (including phenoxy) is 1. The second kappa shape index (κ2) is 9.24. The molecule has 0 bridgehead atoms. The maximum atomic E-state index is 13.0. The molecule has 8 nitrogen and oxygen atoms in total. The van der Waals surface area contributed by atoms with E-state index in [0.29, 0.717) is 0 Å². The van der Waals surface area contributed by atoms with Crippen LogP contribution in [0.15, 0.2) is 59.5 Å². The highest BCUT2D eigenvalue weighted by molar-refractivity contribution is 7.89. The van der Waals surface area contributed by atoms with Gasteiger partial charge in [0.15, 0.2) is 0 Å². The predicted octanol–water partition coefficient (Wildman–Crippen LogP) is 2.74. The van der Waals surface area contributed by atoms with Gasteiger partial charge in [0.1, 0.15) is 0 Å². The number of hydrogen-bond acceptors (Lipinski definition) is 6. The van der Waals surface area contributed by atoms with Crippen LogP contribution in [0.3, 0.4) is 0 Å². The van der Waals surface area contributed by atoms with Crippen LogP contribution in [0.5, 0.6) is 0 Å². The van der Waals surface area contributed by atoms with E-state index in [4.69, 9.17) is 4.74 Å². The normalized spacial score (nSPS) is 11.3. The van der Waals surface area contributed by atoms with Gasteiger partial charge >= 0.3 is 5.97 Å². The number of esters is 1. The van der Waals surface area contributed by atoms with Crippen molar-refractivity contribution in [3.05, 3.63) is 70.3 Å². The number of hydrogen-bond donors (Lipinski definition) is 0. The van der Waals surface area contributed by atoms with Gasteiger partial charge in [-0.25, -0.2) is 8.42 Å². The summed E-state index contributed by atoms with van der Waals surface area (Å²) in [4.78, 5) is 21.8. The molecule has 0 unspecified atom stereocenters. The summed E-state index contributed by atoms with van der Waals surface area (Å²) < 4.78 is 32.0. The number of benzene rings is 2. The zero-order chi connectivity index (χ0) is 19.9. The van der Waals surface area contributed by atoms with Crippen LogP contribution in [0.2, 0.25) is 0 Å². The number of nitrogens with zero attached hydrogens (tertiary/aromatic N) is 2. The molecule has 2 aromatic rings. The molecule has 0 atom stereocenters. The summed E-state index contributed by atoms with van der Waals surface area (Å²) in [6.45, 7) is 1.90. The average molecular weight is 392 g/mol. The Hall–Kier alpha value is -2.78. The van der Waals surface area contributed by atoms with E-state index in [-0.39, 0.29) is 36.7 Å². The van der Waals surface area contributed by atoms with Gasteiger partial charge in [-0.05, 0) is 24.6 Å². The van der Waals surface area contributed by atoms with Crippen molar-refractivity contribution in [2.45, 2.75) is 24.8 Å². The first-order chi connectivity index (χ1) is 12.8. The van der Waals surface area contributed by atoms with Crippen molar-refractivity contribution in [2.24, 2.45) is 0 Å². The molecule has 0 fully saturated rings. The van der Waals surface area contributed by atoms with E-state index < -0.39 is 20.9 Å². The van der Waals surface area contributed by atoms with Gasteiger partial charge in [0, 0.05) is 25.2 Å². The van der Waals surface area contributed by atoms with Crippen molar-refractivity contribution in [3.8, 4) is 0 Å². The summed E-state index contributed by atoms with van der Waals surface area (Å²) in [6.07, 6.45) is -0.0904. The molecule has 2 aromatic carbocycles. The zero-order valence-corrected chi connectivity index (χ0v) is 15.6. The van der Waals surface area contributed by atoms with E-state index in [2.05, 4.69) is 0 Å². The standard InChI is InChI=1S/C18H20N2O6S/c1-2-26-18(21)12-13-19(14-15-6-4-3-5-7-15)27(24,25)17-10-8-16(9-11-17)20(22)23/h3-11H,2,12-14H2,1H3. The van der Waals surface area contributed by atoms with Crippen LogP contribution in [0.4, 0.5) is 5.69 Å². The fraction of sp³-hybridized carbons (Fsp3) is 0.278. The van der Waals surface area contributed by atoms with Crippen molar-refractivity contribution in [1.82, 2.24) is 4.31 Å². The molecule has 0 aromatic heterocycles. The molecule has 0 N–H and O–H groups in total. The molecule has 144 valence electrons. The predicted molar refractivity (Wildman–Crippen MR) is 98.4 cm³/mol. The van der Waals surface area contributed by atoms with Gasteiger partial charge in [-0.3, -0.25) is 14.9 Å². The Morgan fingerprint density at radius 1 is 1.11 bits per heavy atom. The van der Waals surface area contributed by atoms with Crippen LogP contribution in [-0.2, 0) is 26.1 Å². The lowest BCUT2D eigenvalue weighted by Gasteiger charge is -2.22. The van der Waals surface area contributed by atoms with Crippen molar-refractivity contribution in [2.75, 3.05) is 13.2 Å². The largest absolute Gasteiger partial charge is 0.466 e. The highest BCUT2D eigenvalue weighted by atomic mass is 32.2. The van der Waals surface area contributed by atoms with E-state index in [1.165, 1.54) is 16.4 Å². The number of non-ortho nitro benzene ring substituents is 1. The number of nitro groups is 1. The first-order valence-electron chi connectivity index (χ1n) is 8.28. The minimum Gasteiger partial charge on any atom is -0.466 e. The average Bonchev–Trinajstić information content (AvgIpc) is 2.66. The molecule has 27 heavy (non-hydrogen) atoms. The number of carbonyl (C=O) groups is 1. The zero-order valence-electron chi connectivity index (χ0n) is 14.8. The monoisotopic (exact) mass is 392 g/mol. The third-order valence-corrected chi connectivity index (χ3v) is 5.62. The molecule has 0 saturated carbocycles. The van der Waals surface area contributed by atoms with Crippen LogP contribution in [0.25, 0.3) is 0 Å². The Bertz CT molecular complexity index is 882. The van der Waals surface area contributed by atoms with Gasteiger partial charge in [0.2, 0.25) is 10.0 Å². The first kappa shape index (κ1) is 20.5. The quantitative estimate of drug-likeness (QED) is 0.369. The summed E-state index contributed by atoms with van der Waals surface area (Å²) in [6, 6.07) is 13.6. The highest BCUT2D eigenvalue weighted by Gasteiger charge is 2.26. The van der Waals surface area contributed by atoms with Crippen LogP contribution in [0.1, 0.15) is 18.9 Å². The number of nitro benzene ring substituents is 1. The molecule has 2 rings (SSSR count). The van der Waals surface area contributed by atoms with E-state index in [1.54, 1.807) is 31.2 Å². The molecule has 0 aliphatic carbocycles. The summed E-state index contributed by atoms with van der Waals surface area (Å²) in [5.74, 6) is -0.491. The van der Waals surface area contributed by atoms with E-state index in [0.717, 1.165) is 17.7 Å². The summed E-state index contributed by atoms with van der Waals surface area (Å²) >= 11 is 0. The van der Waals surface area contributed by atoms with Crippen LogP contribution in [0, 0.1) is 10.1 Å². The van der Waals surface area contributed by atoms with Gasteiger partial charge in [-0.1, -0.05) is 30.3 Å². The van der Waals surface area contributed by atoms with Crippen molar-refractivity contribution in [3.63, 3.8) is 0 Å². The lowest BCUT2D eigenvalue weighted by Crippen LogP contribution is -2.33. The molecule has 0 radical (unpaired) electrons. The highest BCUT2D eigenvalue weighted by Crippen LogP contribution is 2.21. The Kier molecular flexibility index (Phi) is 7.03. The van der Waals surface area contributed by atoms with Gasteiger partial charge in [-0.2, -0.15) is 4.31 Å². The van der Waals surface area contributed by atoms with Gasteiger partial charge in [-0.15, -0.1) is 0 Å². The molecule has 0 aliphatic heterocycles. The Labute approximate surface area is 157 Å². The lowest BCUT2D eigenvalue weighted by atomic mass is 10.2. The molecule has 0 saturated heterocycles. The second-order valence-corrected chi connectivity index (χ2v) is 7.57. The molecule has 0 amide bonds. The van der Waals surface area contributed by atoms with E-state index in [9.17, 15) is 23.3 Å². The molecule has 9 heteroatoms. The Morgan fingerprint density at radius 2 is 1.74 bits per heavy atom. The van der Waals surface area contributed by atoms with Crippen molar-refractivity contribution < 1.29 is 22.9 Å². The topological polar surface area (TPSA) is 107 Å². The van der Waals surface area contributed by atoms with E-state index >= 15 is 0 Å². The van der Waals surface area contributed by atoms with Crippen molar-refractivity contribution >= 4 is 21.7 Å². The molecule has 0 spiro atoms. The smallest absolute Gasteiger partial charge is 0.307 e. The lowest BCUT2D eigenvalue weighted by molar-refractivity contribution is -0.384. The minimum atomic E-state index is -3.95. The fourth-order valence-electron chi connectivity index (χ4n) is 2.41. The minimum absolute atomic E-state index is 0.0625. The SMILES string of the molecule is CCOC(=O)CCN(Cc1ccccc1)S(=O)(=O)c1ccc([N+](=O)[O-])cc1. The van der Waals surface area contributed by atoms with Gasteiger partial charge in [0.05, 0.1) is 22.8 Å². The molecular weight excluding hydrogens is 372 g/mol. The van der Waals surface area contributed by atoms with Crippen LogP contribution < -0.4 is 0 Å². The number of rotatable bonds is 9. The second-order valence-electron chi connectivity index (χ2n) is 5.63. The maximum Gasteiger partial charge on any atom is 0.307 e. The third-order valence-electron chi connectivity index (χ3n) is 3.76. The van der Waals surface area contributed by atoms with E-state index in [1.807, 2.05) is 6.07 Å². The van der Waals surface area contributed by atoms with Crippen molar-refractivity contribution in [1.29, 1.82) is 0 Å². The molecular formula is C18H20N2O6S. The summed E-state index contributed by atoms with van der Waals surface area (Å²) in [5.41, 5.74) is 0.557. The number of carbonyl (C=O) groups excluding carboxylic acids is 1. The maximum absolute atomic E-state index is 13.0. The van der Waals surface area contributed by atoms with Gasteiger partial charge in [0.25, 0.3) is 5.69 Å².